The summed E-state index contributed by atoms with van der Waals surface area (Å²) in [4.78, 5) is 0. The van der Waals surface area contributed by atoms with Gasteiger partial charge in [-0.25, -0.2) is 0 Å². The van der Waals surface area contributed by atoms with Crippen molar-refractivity contribution in [3.63, 3.8) is 0 Å². The molecule has 0 radical (unpaired) electrons. The monoisotopic (exact) mass is 229 g/mol. The summed E-state index contributed by atoms with van der Waals surface area (Å²) in [6, 6.07) is 2.21. The van der Waals surface area contributed by atoms with Gasteiger partial charge in [0.05, 0.1) is 6.04 Å². The van der Waals surface area contributed by atoms with E-state index in [1.54, 1.807) is 0 Å². The van der Waals surface area contributed by atoms with Gasteiger partial charge in [-0.15, -0.1) is 12.4 Å². The van der Waals surface area contributed by atoms with Crippen molar-refractivity contribution in [3.05, 3.63) is 23.2 Å². The summed E-state index contributed by atoms with van der Waals surface area (Å²) in [5.41, 5.74) is 7.40. The molecule has 1 aliphatic rings. The summed E-state index contributed by atoms with van der Waals surface area (Å²) >= 11 is 0. The van der Waals surface area contributed by atoms with Crippen LogP contribution in [0.1, 0.15) is 48.8 Å². The lowest BCUT2D eigenvalue weighted by Crippen LogP contribution is -2.18. The van der Waals surface area contributed by atoms with Crippen molar-refractivity contribution < 1.29 is 4.42 Å². The highest BCUT2D eigenvalue weighted by molar-refractivity contribution is 5.85. The van der Waals surface area contributed by atoms with E-state index < -0.39 is 0 Å². The first-order chi connectivity index (χ1) is 6.68. The van der Waals surface area contributed by atoms with Gasteiger partial charge in [0, 0.05) is 0 Å². The summed E-state index contributed by atoms with van der Waals surface area (Å²) in [5, 5.41) is 0. The average Bonchev–Trinajstić information content (AvgIpc) is 2.76. The molecule has 2 nitrogen and oxygen atoms in total. The zero-order valence-electron chi connectivity index (χ0n) is 9.45. The molecule has 1 atom stereocenters. The Balaban J connectivity index is 0.00000112. The smallest absolute Gasteiger partial charge is 0.121 e. The number of rotatable bonds is 2. The van der Waals surface area contributed by atoms with E-state index in [9.17, 15) is 0 Å². The zero-order chi connectivity index (χ0) is 10.1. The lowest BCUT2D eigenvalue weighted by molar-refractivity contribution is 0.361. The quantitative estimate of drug-likeness (QED) is 0.843. The van der Waals surface area contributed by atoms with Gasteiger partial charge in [0.15, 0.2) is 0 Å². The van der Waals surface area contributed by atoms with Crippen LogP contribution >= 0.6 is 12.4 Å². The summed E-state index contributed by atoms with van der Waals surface area (Å²) in [5.74, 6) is 2.63. The third kappa shape index (κ3) is 2.56. The Hall–Kier alpha value is -0.470. The second-order valence-electron chi connectivity index (χ2n) is 4.46. The first kappa shape index (κ1) is 12.6. The molecule has 1 aromatic heterocycles. The molecule has 0 unspecified atom stereocenters. The van der Waals surface area contributed by atoms with Crippen molar-refractivity contribution in [1.82, 2.24) is 0 Å². The van der Waals surface area contributed by atoms with Crippen molar-refractivity contribution in [3.8, 4) is 0 Å². The molecule has 1 aliphatic carbocycles. The third-order valence-electron chi connectivity index (χ3n) is 3.42. The van der Waals surface area contributed by atoms with Crippen molar-refractivity contribution in [2.45, 2.75) is 45.6 Å². The SMILES string of the molecule is Cc1cc([C@H](N)C2CCCC2)oc1C.Cl. The van der Waals surface area contributed by atoms with E-state index in [4.69, 9.17) is 10.2 Å². The molecule has 0 spiro atoms. The van der Waals surface area contributed by atoms with Crippen LogP contribution in [0.3, 0.4) is 0 Å². The largest absolute Gasteiger partial charge is 0.464 e. The molecule has 0 amide bonds. The van der Waals surface area contributed by atoms with Crippen LogP contribution in [-0.2, 0) is 0 Å². The maximum Gasteiger partial charge on any atom is 0.121 e. The standard InChI is InChI=1S/C12H19NO.ClH/c1-8-7-11(14-9(8)2)12(13)10-5-3-4-6-10;/h7,10,12H,3-6,13H2,1-2H3;1H/t12-;/m1./s1. The Bertz CT molecular complexity index is 296. The van der Waals surface area contributed by atoms with Gasteiger partial charge < -0.3 is 10.2 Å². The van der Waals surface area contributed by atoms with E-state index in [-0.39, 0.29) is 18.4 Å². The maximum atomic E-state index is 6.19. The number of furan rings is 1. The van der Waals surface area contributed by atoms with Crippen LogP contribution in [0.5, 0.6) is 0 Å². The van der Waals surface area contributed by atoms with Gasteiger partial charge in [-0.2, -0.15) is 0 Å². The highest BCUT2D eigenvalue weighted by atomic mass is 35.5. The van der Waals surface area contributed by atoms with E-state index in [2.05, 4.69) is 13.0 Å². The van der Waals surface area contributed by atoms with E-state index in [1.165, 1.54) is 31.2 Å². The minimum absolute atomic E-state index is 0. The molecule has 2 rings (SSSR count). The molecular weight excluding hydrogens is 210 g/mol. The maximum absolute atomic E-state index is 6.19. The van der Waals surface area contributed by atoms with Gasteiger partial charge in [0.25, 0.3) is 0 Å². The number of hydrogen-bond acceptors (Lipinski definition) is 2. The second kappa shape index (κ2) is 5.04. The van der Waals surface area contributed by atoms with Crippen LogP contribution in [0.15, 0.2) is 10.5 Å². The Morgan fingerprint density at radius 3 is 2.40 bits per heavy atom. The molecule has 0 aliphatic heterocycles. The molecule has 3 heteroatoms. The van der Waals surface area contributed by atoms with Crippen molar-refractivity contribution in [1.29, 1.82) is 0 Å². The van der Waals surface area contributed by atoms with Gasteiger partial charge in [-0.05, 0) is 44.2 Å². The van der Waals surface area contributed by atoms with E-state index in [1.807, 2.05) is 6.92 Å². The fraction of sp³-hybridized carbons (Fsp3) is 0.667. The minimum atomic E-state index is 0. The first-order valence-corrected chi connectivity index (χ1v) is 5.51. The number of hydrogen-bond donors (Lipinski definition) is 1. The zero-order valence-corrected chi connectivity index (χ0v) is 10.3. The summed E-state index contributed by atoms with van der Waals surface area (Å²) < 4.78 is 5.66. The normalized spacial score (nSPS) is 18.9. The first-order valence-electron chi connectivity index (χ1n) is 5.51. The number of aryl methyl sites for hydroxylation is 2. The van der Waals surface area contributed by atoms with Gasteiger partial charge >= 0.3 is 0 Å². The number of nitrogens with two attached hydrogens (primary N) is 1. The van der Waals surface area contributed by atoms with Gasteiger partial charge in [-0.3, -0.25) is 0 Å². The van der Waals surface area contributed by atoms with Crippen LogP contribution in [0.25, 0.3) is 0 Å². The topological polar surface area (TPSA) is 39.2 Å². The summed E-state index contributed by atoms with van der Waals surface area (Å²) in [7, 11) is 0. The highest BCUT2D eigenvalue weighted by Gasteiger charge is 2.25. The number of halogens is 1. The van der Waals surface area contributed by atoms with Gasteiger partial charge in [-0.1, -0.05) is 12.8 Å². The Morgan fingerprint density at radius 2 is 1.93 bits per heavy atom. The van der Waals surface area contributed by atoms with Crippen LogP contribution in [0, 0.1) is 19.8 Å². The van der Waals surface area contributed by atoms with E-state index >= 15 is 0 Å². The molecule has 0 saturated heterocycles. The van der Waals surface area contributed by atoms with Gasteiger partial charge in [0.2, 0.25) is 0 Å². The minimum Gasteiger partial charge on any atom is -0.464 e. The third-order valence-corrected chi connectivity index (χ3v) is 3.42. The van der Waals surface area contributed by atoms with Crippen molar-refractivity contribution in [2.75, 3.05) is 0 Å². The molecule has 2 N–H and O–H groups in total. The fourth-order valence-corrected chi connectivity index (χ4v) is 2.31. The predicted octanol–water partition coefficient (Wildman–Crippen LogP) is 3.51. The molecule has 1 aromatic rings. The van der Waals surface area contributed by atoms with E-state index in [0.717, 1.165) is 11.5 Å². The Morgan fingerprint density at radius 1 is 1.33 bits per heavy atom. The van der Waals surface area contributed by atoms with Crippen LogP contribution in [0.2, 0.25) is 0 Å². The molecule has 0 bridgehead atoms. The average molecular weight is 230 g/mol. The van der Waals surface area contributed by atoms with E-state index in [0.29, 0.717) is 5.92 Å². The van der Waals surface area contributed by atoms with Crippen molar-refractivity contribution >= 4 is 12.4 Å². The molecule has 15 heavy (non-hydrogen) atoms. The lowest BCUT2D eigenvalue weighted by atomic mass is 9.97. The van der Waals surface area contributed by atoms with Crippen LogP contribution in [-0.4, -0.2) is 0 Å². The predicted molar refractivity (Wildman–Crippen MR) is 64.3 cm³/mol. The molecular formula is C12H20ClNO. The van der Waals surface area contributed by atoms with Gasteiger partial charge in [0.1, 0.15) is 11.5 Å². The van der Waals surface area contributed by atoms with Crippen LogP contribution < -0.4 is 5.73 Å². The Labute approximate surface area is 97.6 Å². The molecule has 0 aromatic carbocycles. The molecule has 1 fully saturated rings. The Kier molecular flexibility index (Phi) is 4.23. The van der Waals surface area contributed by atoms with Crippen LogP contribution in [0.4, 0.5) is 0 Å². The molecule has 1 heterocycles. The lowest BCUT2D eigenvalue weighted by Gasteiger charge is -2.15. The fourth-order valence-electron chi connectivity index (χ4n) is 2.31. The summed E-state index contributed by atoms with van der Waals surface area (Å²) in [6.07, 6.45) is 5.19. The highest BCUT2D eigenvalue weighted by Crippen LogP contribution is 2.35. The van der Waals surface area contributed by atoms with Crippen molar-refractivity contribution in [2.24, 2.45) is 11.7 Å². The molecule has 86 valence electrons. The second-order valence-corrected chi connectivity index (χ2v) is 4.46. The molecule has 1 saturated carbocycles. The summed E-state index contributed by atoms with van der Waals surface area (Å²) in [6.45, 7) is 4.07.